The molecule has 0 radical (unpaired) electrons. The Morgan fingerprint density at radius 1 is 1.00 bits per heavy atom. The molecule has 2 aromatic rings. The van der Waals surface area contributed by atoms with E-state index in [1.54, 1.807) is 6.07 Å². The van der Waals surface area contributed by atoms with Gasteiger partial charge in [0, 0.05) is 35.3 Å². The number of aliphatic hydroxyl groups is 1. The molecule has 7 nitrogen and oxygen atoms in total. The fourth-order valence-electron chi connectivity index (χ4n) is 4.17. The van der Waals surface area contributed by atoms with Crippen LogP contribution in [-0.4, -0.2) is 63.5 Å². The van der Waals surface area contributed by atoms with Crippen molar-refractivity contribution in [3.05, 3.63) is 21.9 Å². The van der Waals surface area contributed by atoms with Gasteiger partial charge in [0.2, 0.25) is 0 Å². The van der Waals surface area contributed by atoms with Crippen molar-refractivity contribution in [2.24, 2.45) is 5.92 Å². The van der Waals surface area contributed by atoms with Crippen LogP contribution in [0.2, 0.25) is 61.4 Å². The van der Waals surface area contributed by atoms with Crippen molar-refractivity contribution in [3.8, 4) is 5.75 Å². The molecule has 1 aliphatic rings. The van der Waals surface area contributed by atoms with E-state index in [2.05, 4.69) is 39.3 Å². The van der Waals surface area contributed by atoms with Gasteiger partial charge in [0.15, 0.2) is 5.75 Å². The molecule has 2 unspecified atom stereocenters. The lowest BCUT2D eigenvalue weighted by atomic mass is 10.1. The van der Waals surface area contributed by atoms with Crippen LogP contribution in [0.3, 0.4) is 0 Å². The maximum absolute atomic E-state index is 10.2. The standard InChI is InChI=1S/C26H44Cl2N2O5Si2/c1-36(2,3)12-10-32-17-30-21-14-20(27)24(28)26(35-15-19-8-7-9-22(19)31)25(21)29-23(30)16-34-18-33-11-13-37(4,5)6/h14,19,22,31H,7-13,15-18H2,1-6H3. The van der Waals surface area contributed by atoms with Crippen LogP contribution in [0.5, 0.6) is 5.75 Å². The Kier molecular flexibility index (Phi) is 11.4. The molecule has 1 saturated carbocycles. The highest BCUT2D eigenvalue weighted by atomic mass is 35.5. The van der Waals surface area contributed by atoms with E-state index >= 15 is 0 Å². The topological polar surface area (TPSA) is 75.0 Å². The zero-order valence-electron chi connectivity index (χ0n) is 23.2. The van der Waals surface area contributed by atoms with Crippen molar-refractivity contribution in [2.75, 3.05) is 26.6 Å². The van der Waals surface area contributed by atoms with Crippen LogP contribution in [0.25, 0.3) is 11.0 Å². The smallest absolute Gasteiger partial charge is 0.167 e. The van der Waals surface area contributed by atoms with Crippen molar-refractivity contribution in [1.82, 2.24) is 9.55 Å². The van der Waals surface area contributed by atoms with Crippen molar-refractivity contribution in [1.29, 1.82) is 0 Å². The Labute approximate surface area is 233 Å². The minimum atomic E-state index is -1.22. The summed E-state index contributed by atoms with van der Waals surface area (Å²) in [6, 6.07) is 3.97. The summed E-state index contributed by atoms with van der Waals surface area (Å²) in [4.78, 5) is 4.85. The molecule has 1 aromatic carbocycles. The van der Waals surface area contributed by atoms with E-state index in [1.807, 2.05) is 4.57 Å². The average Bonchev–Trinajstić information content (AvgIpc) is 3.35. The number of fused-ring (bicyclic) bond motifs is 1. The van der Waals surface area contributed by atoms with E-state index in [4.69, 9.17) is 47.1 Å². The van der Waals surface area contributed by atoms with E-state index < -0.39 is 16.1 Å². The molecule has 0 amide bonds. The van der Waals surface area contributed by atoms with Gasteiger partial charge in [-0.25, -0.2) is 4.98 Å². The van der Waals surface area contributed by atoms with Crippen molar-refractivity contribution >= 4 is 50.4 Å². The molecule has 0 spiro atoms. The fourth-order valence-corrected chi connectivity index (χ4v) is 6.08. The quantitative estimate of drug-likeness (QED) is 0.136. The van der Waals surface area contributed by atoms with Crippen molar-refractivity contribution in [2.45, 2.75) is 90.1 Å². The molecule has 1 aliphatic carbocycles. The van der Waals surface area contributed by atoms with Crippen LogP contribution in [0.4, 0.5) is 0 Å². The maximum atomic E-state index is 10.2. The molecule has 0 bridgehead atoms. The molecule has 2 atom stereocenters. The molecule has 1 aromatic heterocycles. The molecule has 1 N–H and O–H groups in total. The Morgan fingerprint density at radius 3 is 2.30 bits per heavy atom. The fraction of sp³-hybridized carbons (Fsp3) is 0.731. The Hall–Kier alpha value is -0.656. The van der Waals surface area contributed by atoms with Gasteiger partial charge in [0.1, 0.15) is 36.5 Å². The highest BCUT2D eigenvalue weighted by Crippen LogP contribution is 2.40. The highest BCUT2D eigenvalue weighted by molar-refractivity contribution is 6.76. The molecule has 1 heterocycles. The van der Waals surface area contributed by atoms with E-state index in [0.29, 0.717) is 53.7 Å². The van der Waals surface area contributed by atoms with Crippen LogP contribution in [-0.2, 0) is 27.5 Å². The number of ether oxygens (including phenoxy) is 4. The molecular formula is C26H44Cl2N2O5Si2. The van der Waals surface area contributed by atoms with Crippen molar-refractivity contribution in [3.63, 3.8) is 0 Å². The number of halogens is 2. The molecule has 3 rings (SSSR count). The lowest BCUT2D eigenvalue weighted by Gasteiger charge is -2.17. The van der Waals surface area contributed by atoms with Gasteiger partial charge in [-0.2, -0.15) is 0 Å². The predicted octanol–water partition coefficient (Wildman–Crippen LogP) is 7.02. The minimum absolute atomic E-state index is 0.0770. The van der Waals surface area contributed by atoms with Crippen molar-refractivity contribution < 1.29 is 24.1 Å². The molecular weight excluding hydrogens is 547 g/mol. The van der Waals surface area contributed by atoms with Crippen LogP contribution < -0.4 is 4.74 Å². The second kappa shape index (κ2) is 13.6. The summed E-state index contributed by atoms with van der Waals surface area (Å²) in [6.07, 6.45) is 2.38. The van der Waals surface area contributed by atoms with Crippen LogP contribution >= 0.6 is 23.2 Å². The van der Waals surface area contributed by atoms with Gasteiger partial charge in [0.05, 0.1) is 23.3 Å². The molecule has 210 valence electrons. The van der Waals surface area contributed by atoms with Gasteiger partial charge in [-0.05, 0) is 31.0 Å². The predicted molar refractivity (Wildman–Crippen MR) is 156 cm³/mol. The summed E-state index contributed by atoms with van der Waals surface area (Å²) >= 11 is 13.1. The number of imidazole rings is 1. The molecule has 1 fully saturated rings. The summed E-state index contributed by atoms with van der Waals surface area (Å²) < 4.78 is 25.8. The maximum Gasteiger partial charge on any atom is 0.167 e. The molecule has 0 saturated heterocycles. The highest BCUT2D eigenvalue weighted by Gasteiger charge is 2.27. The number of rotatable bonds is 15. The molecule has 0 aliphatic heterocycles. The number of aliphatic hydroxyl groups excluding tert-OH is 1. The first-order valence-corrected chi connectivity index (χ1v) is 21.4. The number of hydrogen-bond donors (Lipinski definition) is 1. The third-order valence-electron chi connectivity index (χ3n) is 6.65. The van der Waals surface area contributed by atoms with Crippen LogP contribution in [0.15, 0.2) is 6.07 Å². The lowest BCUT2D eigenvalue weighted by Crippen LogP contribution is -2.22. The molecule has 37 heavy (non-hydrogen) atoms. The van der Waals surface area contributed by atoms with E-state index in [0.717, 1.165) is 36.9 Å². The Morgan fingerprint density at radius 2 is 1.68 bits per heavy atom. The first-order valence-electron chi connectivity index (χ1n) is 13.3. The van der Waals surface area contributed by atoms with Gasteiger partial charge in [-0.15, -0.1) is 0 Å². The summed E-state index contributed by atoms with van der Waals surface area (Å²) in [5.41, 5.74) is 1.40. The summed E-state index contributed by atoms with van der Waals surface area (Å²) in [5.74, 6) is 1.21. The average molecular weight is 592 g/mol. The van der Waals surface area contributed by atoms with Gasteiger partial charge < -0.3 is 28.6 Å². The van der Waals surface area contributed by atoms with Gasteiger partial charge in [-0.3, -0.25) is 0 Å². The van der Waals surface area contributed by atoms with Gasteiger partial charge in [0.25, 0.3) is 0 Å². The minimum Gasteiger partial charge on any atom is -0.489 e. The van der Waals surface area contributed by atoms with Gasteiger partial charge in [-0.1, -0.05) is 68.9 Å². The summed E-state index contributed by atoms with van der Waals surface area (Å²) in [6.45, 7) is 16.5. The van der Waals surface area contributed by atoms with E-state index in [-0.39, 0.29) is 25.4 Å². The third kappa shape index (κ3) is 9.49. The molecule has 11 heteroatoms. The zero-order chi connectivity index (χ0) is 27.2. The van der Waals surface area contributed by atoms with Crippen LogP contribution in [0.1, 0.15) is 25.1 Å². The monoisotopic (exact) mass is 590 g/mol. The second-order valence-electron chi connectivity index (χ2n) is 12.4. The first-order chi connectivity index (χ1) is 17.4. The first kappa shape index (κ1) is 30.9. The van der Waals surface area contributed by atoms with Gasteiger partial charge >= 0.3 is 0 Å². The number of aromatic nitrogens is 2. The van der Waals surface area contributed by atoms with E-state index in [9.17, 15) is 5.11 Å². The number of benzene rings is 1. The zero-order valence-corrected chi connectivity index (χ0v) is 26.8. The second-order valence-corrected chi connectivity index (χ2v) is 24.5. The largest absolute Gasteiger partial charge is 0.489 e. The number of hydrogen-bond acceptors (Lipinski definition) is 6. The number of nitrogens with zero attached hydrogens (tertiary/aromatic N) is 2. The third-order valence-corrected chi connectivity index (χ3v) is 10.8. The lowest BCUT2D eigenvalue weighted by molar-refractivity contribution is -0.0609. The van der Waals surface area contributed by atoms with Crippen LogP contribution in [0, 0.1) is 5.92 Å². The Bertz CT molecular complexity index is 1020. The summed E-state index contributed by atoms with van der Waals surface area (Å²) in [5, 5.41) is 11.0. The SMILES string of the molecule is C[Si](C)(C)CCOCOCc1nc2c(OCC3CCCC3O)c(Cl)c(Cl)cc2n1COCC[Si](C)(C)C. The summed E-state index contributed by atoms with van der Waals surface area (Å²) in [7, 11) is -2.37. The Balaban J connectivity index is 1.79. The normalized spacial score (nSPS) is 18.7. The van der Waals surface area contributed by atoms with E-state index in [1.165, 1.54) is 0 Å².